The van der Waals surface area contributed by atoms with Crippen LogP contribution in [-0.2, 0) is 4.84 Å². The first-order valence-electron chi connectivity index (χ1n) is 5.71. The molecule has 22 heavy (non-hydrogen) atoms. The molecule has 0 radical (unpaired) electrons. The molecule has 0 fully saturated rings. The van der Waals surface area contributed by atoms with Crippen LogP contribution in [0.5, 0.6) is 0 Å². The predicted octanol–water partition coefficient (Wildman–Crippen LogP) is 2.29. The molecule has 10 heteroatoms. The molecule has 0 aliphatic rings. The van der Waals surface area contributed by atoms with Crippen LogP contribution in [0.25, 0.3) is 0 Å². The fourth-order valence-electron chi connectivity index (χ4n) is 1.41. The predicted molar refractivity (Wildman–Crippen MR) is 71.5 cm³/mol. The Morgan fingerprint density at radius 2 is 1.77 bits per heavy atom. The number of carbonyl (C=O) groups excluding carboxylic acids is 1. The number of nitro benzene ring substituents is 1. The Labute approximate surface area is 121 Å². The van der Waals surface area contributed by atoms with E-state index in [2.05, 4.69) is 9.99 Å². The van der Waals surface area contributed by atoms with Gasteiger partial charge in [0.15, 0.2) is 5.76 Å². The average molecular weight is 305 g/mol. The van der Waals surface area contributed by atoms with Crippen molar-refractivity contribution in [2.24, 2.45) is 5.16 Å². The third-order valence-electron chi connectivity index (χ3n) is 2.42. The molecule has 0 atom stereocenters. The smallest absolute Gasteiger partial charge is 0.400 e. The van der Waals surface area contributed by atoms with Gasteiger partial charge in [-0.05, 0) is 18.2 Å². The van der Waals surface area contributed by atoms with Crippen molar-refractivity contribution in [2.45, 2.75) is 0 Å². The first-order valence-corrected chi connectivity index (χ1v) is 5.71. The highest BCUT2D eigenvalue weighted by Gasteiger charge is 2.12. The monoisotopic (exact) mass is 305 g/mol. The standard InChI is InChI=1S/C12H7N3O7/c16-12(8-1-3-9(4-2-8)14(17)18)22-13-7-10-5-6-11(21-10)15(19)20/h1-7H/b13-7+. The van der Waals surface area contributed by atoms with Gasteiger partial charge in [0.05, 0.1) is 16.6 Å². The maximum absolute atomic E-state index is 11.6. The van der Waals surface area contributed by atoms with Crippen molar-refractivity contribution < 1.29 is 23.9 Å². The zero-order chi connectivity index (χ0) is 16.1. The molecule has 0 spiro atoms. The minimum atomic E-state index is -0.841. The van der Waals surface area contributed by atoms with E-state index >= 15 is 0 Å². The summed E-state index contributed by atoms with van der Waals surface area (Å²) in [5.41, 5.74) is -0.101. The second-order valence-corrected chi connectivity index (χ2v) is 3.85. The van der Waals surface area contributed by atoms with Gasteiger partial charge in [-0.2, -0.15) is 0 Å². The SMILES string of the molecule is O=C(O/N=C/c1ccc([N+](=O)[O-])o1)c1ccc([N+](=O)[O-])cc1. The number of hydrogen-bond donors (Lipinski definition) is 0. The van der Waals surface area contributed by atoms with Crippen molar-refractivity contribution in [3.05, 3.63) is 68.0 Å². The Bertz CT molecular complexity index is 748. The number of oxime groups is 1. The Hall–Kier alpha value is -3.56. The van der Waals surface area contributed by atoms with Gasteiger partial charge in [-0.1, -0.05) is 5.16 Å². The first kappa shape index (κ1) is 14.8. The van der Waals surface area contributed by atoms with E-state index in [0.29, 0.717) is 0 Å². The molecule has 0 saturated carbocycles. The van der Waals surface area contributed by atoms with Crippen LogP contribution >= 0.6 is 0 Å². The van der Waals surface area contributed by atoms with Crippen molar-refractivity contribution >= 4 is 23.8 Å². The van der Waals surface area contributed by atoms with E-state index in [0.717, 1.165) is 24.4 Å². The molecular formula is C12H7N3O7. The van der Waals surface area contributed by atoms with E-state index in [1.165, 1.54) is 18.2 Å². The van der Waals surface area contributed by atoms with Gasteiger partial charge in [0.1, 0.15) is 11.1 Å². The quantitative estimate of drug-likeness (QED) is 0.357. The number of non-ortho nitro benzene ring substituents is 1. The molecule has 0 unspecified atom stereocenters. The van der Waals surface area contributed by atoms with Crippen LogP contribution in [0.15, 0.2) is 46.0 Å². The van der Waals surface area contributed by atoms with E-state index < -0.39 is 21.7 Å². The van der Waals surface area contributed by atoms with Gasteiger partial charge in [0.25, 0.3) is 5.69 Å². The molecular weight excluding hydrogens is 298 g/mol. The lowest BCUT2D eigenvalue weighted by molar-refractivity contribution is -0.402. The largest absolute Gasteiger partial charge is 0.433 e. The molecule has 0 aliphatic carbocycles. The topological polar surface area (TPSA) is 138 Å². The van der Waals surface area contributed by atoms with Gasteiger partial charge in [-0.15, -0.1) is 0 Å². The van der Waals surface area contributed by atoms with E-state index in [1.807, 2.05) is 0 Å². The third-order valence-corrected chi connectivity index (χ3v) is 2.42. The van der Waals surface area contributed by atoms with E-state index in [-0.39, 0.29) is 17.0 Å². The van der Waals surface area contributed by atoms with Crippen LogP contribution in [0.1, 0.15) is 16.1 Å². The highest BCUT2D eigenvalue weighted by molar-refractivity contribution is 5.90. The van der Waals surface area contributed by atoms with Gasteiger partial charge >= 0.3 is 11.9 Å². The summed E-state index contributed by atoms with van der Waals surface area (Å²) in [6.07, 6.45) is 0.982. The molecule has 0 N–H and O–H groups in total. The fourth-order valence-corrected chi connectivity index (χ4v) is 1.41. The van der Waals surface area contributed by atoms with Gasteiger partial charge in [0, 0.05) is 12.1 Å². The highest BCUT2D eigenvalue weighted by atomic mass is 16.7. The van der Waals surface area contributed by atoms with Crippen molar-refractivity contribution in [3.8, 4) is 0 Å². The molecule has 0 bridgehead atoms. The summed E-state index contributed by atoms with van der Waals surface area (Å²) < 4.78 is 4.76. The Kier molecular flexibility index (Phi) is 4.22. The number of rotatable bonds is 5. The van der Waals surface area contributed by atoms with E-state index in [4.69, 9.17) is 4.42 Å². The number of nitro groups is 2. The van der Waals surface area contributed by atoms with Crippen LogP contribution < -0.4 is 0 Å². The van der Waals surface area contributed by atoms with Crippen molar-refractivity contribution in [1.29, 1.82) is 0 Å². The molecule has 2 aromatic rings. The van der Waals surface area contributed by atoms with Crippen molar-refractivity contribution in [1.82, 2.24) is 0 Å². The lowest BCUT2D eigenvalue weighted by atomic mass is 10.2. The molecule has 1 heterocycles. The number of carbonyl (C=O) groups is 1. The van der Waals surface area contributed by atoms with Crippen LogP contribution in [-0.4, -0.2) is 22.0 Å². The number of nitrogens with zero attached hydrogens (tertiary/aromatic N) is 3. The summed E-state index contributed by atoms with van der Waals surface area (Å²) >= 11 is 0. The Morgan fingerprint density at radius 3 is 2.32 bits per heavy atom. The van der Waals surface area contributed by atoms with Crippen LogP contribution in [0.3, 0.4) is 0 Å². The first-order chi connectivity index (χ1) is 10.5. The van der Waals surface area contributed by atoms with Crippen molar-refractivity contribution in [3.63, 3.8) is 0 Å². The fraction of sp³-hybridized carbons (Fsp3) is 0. The summed E-state index contributed by atoms with van der Waals surface area (Å²) in [4.78, 5) is 35.7. The van der Waals surface area contributed by atoms with Gasteiger partial charge in [-0.25, -0.2) is 4.79 Å². The molecule has 1 aromatic carbocycles. The zero-order valence-electron chi connectivity index (χ0n) is 10.7. The van der Waals surface area contributed by atoms with Crippen LogP contribution in [0.2, 0.25) is 0 Å². The molecule has 2 rings (SSSR count). The van der Waals surface area contributed by atoms with E-state index in [9.17, 15) is 25.0 Å². The summed E-state index contributed by atoms with van der Waals surface area (Å²) in [5.74, 6) is -1.28. The summed E-state index contributed by atoms with van der Waals surface area (Å²) in [7, 11) is 0. The zero-order valence-corrected chi connectivity index (χ0v) is 10.7. The average Bonchev–Trinajstić information content (AvgIpc) is 2.96. The highest BCUT2D eigenvalue weighted by Crippen LogP contribution is 2.14. The summed E-state index contributed by atoms with van der Waals surface area (Å²) in [6.45, 7) is 0. The van der Waals surface area contributed by atoms with Crippen LogP contribution in [0.4, 0.5) is 11.6 Å². The molecule has 0 amide bonds. The molecule has 0 aliphatic heterocycles. The maximum Gasteiger partial charge on any atom is 0.433 e. The number of furan rings is 1. The lowest BCUT2D eigenvalue weighted by Gasteiger charge is -1.97. The second kappa shape index (κ2) is 6.26. The van der Waals surface area contributed by atoms with Gasteiger partial charge in [-0.3, -0.25) is 20.2 Å². The molecule has 10 nitrogen and oxygen atoms in total. The summed E-state index contributed by atoms with van der Waals surface area (Å²) in [6, 6.07) is 7.13. The second-order valence-electron chi connectivity index (χ2n) is 3.85. The van der Waals surface area contributed by atoms with E-state index in [1.54, 1.807) is 0 Å². The Balaban J connectivity index is 1.98. The van der Waals surface area contributed by atoms with Gasteiger partial charge < -0.3 is 9.25 Å². The van der Waals surface area contributed by atoms with Gasteiger partial charge in [0.2, 0.25) is 0 Å². The van der Waals surface area contributed by atoms with Crippen molar-refractivity contribution in [2.75, 3.05) is 0 Å². The third kappa shape index (κ3) is 3.50. The maximum atomic E-state index is 11.6. The molecule has 1 aromatic heterocycles. The normalized spacial score (nSPS) is 10.5. The minimum Gasteiger partial charge on any atom is -0.400 e. The summed E-state index contributed by atoms with van der Waals surface area (Å²) in [5, 5.41) is 24.2. The Morgan fingerprint density at radius 1 is 1.09 bits per heavy atom. The lowest BCUT2D eigenvalue weighted by Crippen LogP contribution is -2.01. The molecule has 112 valence electrons. The number of benzene rings is 1. The van der Waals surface area contributed by atoms with Crippen LogP contribution in [0, 0.1) is 20.2 Å². The molecule has 0 saturated heterocycles. The minimum absolute atomic E-state index is 0.0307. The number of hydrogen-bond acceptors (Lipinski definition) is 8.